The normalized spacial score (nSPS) is 0. The van der Waals surface area contributed by atoms with Crippen LogP contribution in [0.3, 0.4) is 0 Å². The maximum Gasteiger partial charge on any atom is 0 e. The van der Waals surface area contributed by atoms with Crippen LogP contribution in [-0.4, -0.2) is 59.1 Å². The third-order valence-corrected chi connectivity index (χ3v) is 0. The minimum Gasteiger partial charge on any atom is -0.0776 e. The van der Waals surface area contributed by atoms with Crippen molar-refractivity contribution >= 4 is 59.1 Å². The average molecular weight is 142 g/mol. The van der Waals surface area contributed by atoms with Gasteiger partial charge in [-0.15, -0.1) is 0 Å². The Morgan fingerprint density at radius 1 is 0.250 bits per heavy atom. The molecule has 0 nitrogen and oxygen atoms in total. The molecule has 0 saturated carbocycles. The first-order valence-electron chi connectivity index (χ1n) is 0. The van der Waals surface area contributed by atoms with E-state index in [1.54, 1.807) is 0 Å². The van der Waals surface area contributed by atoms with E-state index in [2.05, 4.69) is 0 Å². The fraction of sp³-hybridized carbons (Fsp3) is 1.00. The van der Waals surface area contributed by atoms with Crippen molar-refractivity contribution in [2.75, 3.05) is 0 Å². The van der Waals surface area contributed by atoms with Crippen LogP contribution in [0.15, 0.2) is 0 Å². The molecule has 0 unspecified atom stereocenters. The molecule has 0 bridgehead atoms. The van der Waals surface area contributed by atoms with Crippen molar-refractivity contribution in [2.24, 2.45) is 0 Å². The van der Waals surface area contributed by atoms with E-state index in [1.165, 1.54) is 0 Å². The summed E-state index contributed by atoms with van der Waals surface area (Å²) in [5.74, 6) is 0. The summed E-state index contributed by atoms with van der Waals surface area (Å²) in [6.07, 6.45) is 0. The molecule has 0 aliphatic rings. The van der Waals surface area contributed by atoms with Gasteiger partial charge in [-0.1, -0.05) is 44.6 Å². The van der Waals surface area contributed by atoms with Gasteiger partial charge in [-0.2, -0.15) is 0 Å². The van der Waals surface area contributed by atoms with Gasteiger partial charge in [-0.25, -0.2) is 0 Å². The van der Waals surface area contributed by atoms with E-state index in [0.29, 0.717) is 0 Å². The van der Waals surface area contributed by atoms with Crippen molar-refractivity contribution in [3.05, 3.63) is 0 Å². The van der Waals surface area contributed by atoms with E-state index in [-0.39, 0.29) is 104 Å². The van der Waals surface area contributed by atoms with Gasteiger partial charge in [0, 0.05) is 59.1 Å². The summed E-state index contributed by atoms with van der Waals surface area (Å²) in [6.45, 7) is 0. The van der Waals surface area contributed by atoms with Gasteiger partial charge >= 0.3 is 0 Å². The first-order chi connectivity index (χ1) is 0. The Labute approximate surface area is 102 Å². The molecule has 0 N–H and O–H groups in total. The fourth-order valence-corrected chi connectivity index (χ4v) is 0. The number of hydrogen-bond donors (Lipinski definition) is 0. The predicted molar refractivity (Wildman–Crippen MR) is 51.9 cm³/mol. The molecule has 0 aromatic rings. The molecule has 0 aromatic heterocycles. The Hall–Kier alpha value is 2.00. The van der Waals surface area contributed by atoms with Crippen LogP contribution in [0.25, 0.3) is 0 Å². The van der Waals surface area contributed by atoms with E-state index in [9.17, 15) is 0 Å². The molecule has 0 rings (SSSR count). The van der Waals surface area contributed by atoms with Crippen molar-refractivity contribution in [1.29, 1.82) is 0 Å². The quantitative estimate of drug-likeness (QED) is 0.456. The van der Waals surface area contributed by atoms with Crippen molar-refractivity contribution in [3.8, 4) is 0 Å². The molecule has 0 spiro atoms. The van der Waals surface area contributed by atoms with Gasteiger partial charge < -0.3 is 0 Å². The summed E-state index contributed by atoms with van der Waals surface area (Å²) in [5.41, 5.74) is 0. The summed E-state index contributed by atoms with van der Waals surface area (Å²) in [5, 5.41) is 0. The summed E-state index contributed by atoms with van der Waals surface area (Å²) >= 11 is 0. The maximum absolute atomic E-state index is 0. The maximum atomic E-state index is 0. The second-order valence-electron chi connectivity index (χ2n) is 0. The molecule has 50 valence electrons. The van der Waals surface area contributed by atoms with Crippen LogP contribution < -0.4 is 0 Å². The Morgan fingerprint density at radius 2 is 0.250 bits per heavy atom. The third-order valence-electron chi connectivity index (χ3n) is 0. The van der Waals surface area contributed by atoms with Gasteiger partial charge in [0.25, 0.3) is 0 Å². The SMILES string of the molecule is C.C.C.C.C.C.[Na].[Na]. The second-order valence-corrected chi connectivity index (χ2v) is 0. The molecule has 0 atom stereocenters. The summed E-state index contributed by atoms with van der Waals surface area (Å²) in [4.78, 5) is 0. The smallest absolute Gasteiger partial charge is 0 e. The summed E-state index contributed by atoms with van der Waals surface area (Å²) in [7, 11) is 0. The van der Waals surface area contributed by atoms with E-state index in [4.69, 9.17) is 0 Å². The van der Waals surface area contributed by atoms with Crippen LogP contribution >= 0.6 is 0 Å². The minimum atomic E-state index is 0. The molecule has 0 aliphatic heterocycles. The largest absolute Gasteiger partial charge is 0.0776 e. The molecule has 0 aromatic carbocycles. The molecule has 2 radical (unpaired) electrons. The zero-order valence-corrected chi connectivity index (χ0v) is 6.00. The average Bonchev–Trinajstić information content (AvgIpc) is 0. The Morgan fingerprint density at radius 3 is 0.250 bits per heavy atom. The van der Waals surface area contributed by atoms with Gasteiger partial charge in [-0.3, -0.25) is 0 Å². The zero-order chi connectivity index (χ0) is 0. The van der Waals surface area contributed by atoms with Crippen LogP contribution in [0.1, 0.15) is 44.6 Å². The van der Waals surface area contributed by atoms with E-state index in [0.717, 1.165) is 0 Å². The Bertz CT molecular complexity index is 6.49. The van der Waals surface area contributed by atoms with Gasteiger partial charge in [0.05, 0.1) is 0 Å². The van der Waals surface area contributed by atoms with Crippen molar-refractivity contribution in [1.82, 2.24) is 0 Å². The van der Waals surface area contributed by atoms with E-state index in [1.807, 2.05) is 0 Å². The second kappa shape index (κ2) is 144. The Balaban J connectivity index is 0. The molecule has 0 saturated heterocycles. The number of hydrogen-bond acceptors (Lipinski definition) is 0. The molecule has 0 amide bonds. The predicted octanol–water partition coefficient (Wildman–Crippen LogP) is 3.06. The standard InChI is InChI=1S/6CH4.2Na/h6*1H4;;. The molecule has 2 heteroatoms. The number of rotatable bonds is 0. The minimum absolute atomic E-state index is 0. The van der Waals surface area contributed by atoms with Crippen LogP contribution in [0.2, 0.25) is 0 Å². The zero-order valence-electron chi connectivity index (χ0n) is 2.00. The first kappa shape index (κ1) is 202. The van der Waals surface area contributed by atoms with E-state index >= 15 is 0 Å². The van der Waals surface area contributed by atoms with Crippen LogP contribution in [0.5, 0.6) is 0 Å². The van der Waals surface area contributed by atoms with Crippen LogP contribution in [0, 0.1) is 0 Å². The molecule has 0 aliphatic carbocycles. The summed E-state index contributed by atoms with van der Waals surface area (Å²) < 4.78 is 0. The fourth-order valence-electron chi connectivity index (χ4n) is 0. The van der Waals surface area contributed by atoms with Crippen LogP contribution in [0.4, 0.5) is 0 Å². The first-order valence-corrected chi connectivity index (χ1v) is 0. The van der Waals surface area contributed by atoms with Gasteiger partial charge in [0.1, 0.15) is 0 Å². The topological polar surface area (TPSA) is 0 Å². The van der Waals surface area contributed by atoms with Gasteiger partial charge in [0.2, 0.25) is 0 Å². The van der Waals surface area contributed by atoms with Gasteiger partial charge in [0.15, 0.2) is 0 Å². The monoisotopic (exact) mass is 142 g/mol. The molecule has 0 fully saturated rings. The van der Waals surface area contributed by atoms with E-state index < -0.39 is 0 Å². The van der Waals surface area contributed by atoms with Crippen LogP contribution in [-0.2, 0) is 0 Å². The van der Waals surface area contributed by atoms with Crippen molar-refractivity contribution in [3.63, 3.8) is 0 Å². The Kier molecular flexibility index (Phi) is 3640. The summed E-state index contributed by atoms with van der Waals surface area (Å²) in [6, 6.07) is 0. The molecular formula is C6H24Na2. The molecule has 8 heavy (non-hydrogen) atoms. The molecular weight excluding hydrogens is 118 g/mol. The van der Waals surface area contributed by atoms with Gasteiger partial charge in [-0.05, 0) is 0 Å². The van der Waals surface area contributed by atoms with Crippen molar-refractivity contribution < 1.29 is 0 Å². The third kappa shape index (κ3) is 98.0. The van der Waals surface area contributed by atoms with Crippen molar-refractivity contribution in [2.45, 2.75) is 44.6 Å². The molecule has 0 heterocycles.